The van der Waals surface area contributed by atoms with Crippen LogP contribution in [0.25, 0.3) is 0 Å². The second kappa shape index (κ2) is 16.0. The average molecular weight is 392 g/mol. The Bertz CT molecular complexity index is 590. The lowest BCUT2D eigenvalue weighted by molar-refractivity contribution is 0.250. The van der Waals surface area contributed by atoms with Crippen molar-refractivity contribution in [2.45, 2.75) is 84.2 Å². The molecule has 29 heavy (non-hydrogen) atoms. The van der Waals surface area contributed by atoms with Gasteiger partial charge in [0.1, 0.15) is 0 Å². The van der Waals surface area contributed by atoms with Crippen LogP contribution in [-0.2, 0) is 13.1 Å². The van der Waals surface area contributed by atoms with Crippen molar-refractivity contribution in [3.63, 3.8) is 0 Å². The molecule has 0 atom stereocenters. The van der Waals surface area contributed by atoms with Gasteiger partial charge in [0.15, 0.2) is 0 Å². The quantitative estimate of drug-likeness (QED) is 0.206. The van der Waals surface area contributed by atoms with Crippen LogP contribution >= 0.6 is 0 Å². The van der Waals surface area contributed by atoms with Gasteiger partial charge >= 0.3 is 0 Å². The molecule has 0 bridgehead atoms. The topological polar surface area (TPSA) is 3.24 Å². The molecule has 0 saturated heterocycles. The molecule has 0 aliphatic carbocycles. The number of rotatable bonds is 16. The molecule has 0 unspecified atom stereocenters. The zero-order chi connectivity index (χ0) is 20.4. The van der Waals surface area contributed by atoms with Gasteiger partial charge in [0, 0.05) is 13.1 Å². The van der Waals surface area contributed by atoms with Crippen molar-refractivity contribution in [3.05, 3.63) is 83.9 Å². The highest BCUT2D eigenvalue weighted by atomic mass is 15.1. The van der Waals surface area contributed by atoms with E-state index in [1.807, 2.05) is 0 Å². The molecule has 0 saturated carbocycles. The number of unbranched alkanes of at least 4 members (excludes halogenated alkanes) is 9. The SMILES string of the molecule is C/C=C/CCCCCCCCCCCN(Cc1ccccc1)Cc1ccccc1. The first-order valence-corrected chi connectivity index (χ1v) is 11.8. The average Bonchev–Trinajstić information content (AvgIpc) is 2.76. The summed E-state index contributed by atoms with van der Waals surface area (Å²) in [6.45, 7) is 5.39. The van der Waals surface area contributed by atoms with Crippen molar-refractivity contribution in [2.75, 3.05) is 6.54 Å². The number of benzene rings is 2. The monoisotopic (exact) mass is 391 g/mol. The molecule has 0 N–H and O–H groups in total. The van der Waals surface area contributed by atoms with Gasteiger partial charge in [0.2, 0.25) is 0 Å². The van der Waals surface area contributed by atoms with Crippen LogP contribution < -0.4 is 0 Å². The molecule has 158 valence electrons. The molecule has 0 aliphatic heterocycles. The minimum absolute atomic E-state index is 1.04. The molecule has 0 aromatic heterocycles. The second-order valence-electron chi connectivity index (χ2n) is 8.22. The van der Waals surface area contributed by atoms with Gasteiger partial charge in [-0.15, -0.1) is 0 Å². The summed E-state index contributed by atoms with van der Waals surface area (Å²) in [6.07, 6.45) is 18.2. The van der Waals surface area contributed by atoms with Gasteiger partial charge in [-0.25, -0.2) is 0 Å². The van der Waals surface area contributed by atoms with E-state index in [1.165, 1.54) is 81.9 Å². The van der Waals surface area contributed by atoms with Crippen molar-refractivity contribution in [1.82, 2.24) is 4.90 Å². The molecule has 0 heterocycles. The predicted molar refractivity (Wildman–Crippen MR) is 128 cm³/mol. The lowest BCUT2D eigenvalue weighted by Crippen LogP contribution is -2.24. The Kier molecular flexibility index (Phi) is 12.9. The van der Waals surface area contributed by atoms with Crippen LogP contribution in [0.4, 0.5) is 0 Å². The zero-order valence-corrected chi connectivity index (χ0v) is 18.6. The largest absolute Gasteiger partial charge is 0.295 e. The maximum Gasteiger partial charge on any atom is 0.0237 e. The van der Waals surface area contributed by atoms with Crippen LogP contribution in [0.15, 0.2) is 72.8 Å². The Balaban J connectivity index is 1.59. The van der Waals surface area contributed by atoms with E-state index in [0.29, 0.717) is 0 Å². The third-order valence-electron chi connectivity index (χ3n) is 5.58. The third kappa shape index (κ3) is 11.7. The maximum atomic E-state index is 2.61. The van der Waals surface area contributed by atoms with E-state index in [4.69, 9.17) is 0 Å². The minimum Gasteiger partial charge on any atom is -0.295 e. The standard InChI is InChI=1S/C28H41N/c1-2-3-4-5-6-7-8-9-10-11-12-19-24-29(25-27-20-15-13-16-21-27)26-28-22-17-14-18-23-28/h2-3,13-18,20-23H,4-12,19,24-26H2,1H3/b3-2+. The normalized spacial score (nSPS) is 11.5. The summed E-state index contributed by atoms with van der Waals surface area (Å²) in [7, 11) is 0. The van der Waals surface area contributed by atoms with E-state index in [0.717, 1.165) is 13.1 Å². The first kappa shape index (κ1) is 23.4. The molecule has 0 aliphatic rings. The minimum atomic E-state index is 1.04. The molecule has 1 heteroatoms. The highest BCUT2D eigenvalue weighted by Gasteiger charge is 2.07. The maximum absolute atomic E-state index is 2.61. The Morgan fingerprint density at radius 2 is 1.03 bits per heavy atom. The molecule has 0 fully saturated rings. The molecule has 2 aromatic rings. The molecular weight excluding hydrogens is 350 g/mol. The summed E-state index contributed by atoms with van der Waals surface area (Å²) in [6, 6.07) is 21.8. The molecule has 2 aromatic carbocycles. The van der Waals surface area contributed by atoms with Gasteiger partial charge in [0.25, 0.3) is 0 Å². The molecule has 0 spiro atoms. The van der Waals surface area contributed by atoms with Crippen LogP contribution in [0.2, 0.25) is 0 Å². The highest BCUT2D eigenvalue weighted by Crippen LogP contribution is 2.14. The van der Waals surface area contributed by atoms with E-state index in [-0.39, 0.29) is 0 Å². The van der Waals surface area contributed by atoms with Gasteiger partial charge in [-0.3, -0.25) is 4.90 Å². The zero-order valence-electron chi connectivity index (χ0n) is 18.6. The Labute approximate surface area is 179 Å². The van der Waals surface area contributed by atoms with Gasteiger partial charge in [0.05, 0.1) is 0 Å². The van der Waals surface area contributed by atoms with E-state index in [1.54, 1.807) is 0 Å². The van der Waals surface area contributed by atoms with Gasteiger partial charge in [-0.1, -0.05) is 118 Å². The highest BCUT2D eigenvalue weighted by molar-refractivity contribution is 5.17. The molecular formula is C28H41N. The van der Waals surface area contributed by atoms with Crippen molar-refractivity contribution < 1.29 is 0 Å². The summed E-state index contributed by atoms with van der Waals surface area (Å²) in [5.74, 6) is 0. The van der Waals surface area contributed by atoms with Crippen LogP contribution in [0.5, 0.6) is 0 Å². The second-order valence-corrected chi connectivity index (χ2v) is 8.22. The van der Waals surface area contributed by atoms with Crippen LogP contribution in [-0.4, -0.2) is 11.4 Å². The van der Waals surface area contributed by atoms with Crippen molar-refractivity contribution >= 4 is 0 Å². The summed E-state index contributed by atoms with van der Waals surface area (Å²) in [5.41, 5.74) is 2.83. The number of allylic oxidation sites excluding steroid dienone is 2. The van der Waals surface area contributed by atoms with E-state index in [9.17, 15) is 0 Å². The number of nitrogens with zero attached hydrogens (tertiary/aromatic N) is 1. The van der Waals surface area contributed by atoms with Gasteiger partial charge < -0.3 is 0 Å². The van der Waals surface area contributed by atoms with E-state index >= 15 is 0 Å². The Morgan fingerprint density at radius 1 is 0.586 bits per heavy atom. The smallest absolute Gasteiger partial charge is 0.0237 e. The molecule has 2 rings (SSSR count). The fraction of sp³-hybridized carbons (Fsp3) is 0.500. The van der Waals surface area contributed by atoms with Crippen molar-refractivity contribution in [1.29, 1.82) is 0 Å². The van der Waals surface area contributed by atoms with Gasteiger partial charge in [-0.2, -0.15) is 0 Å². The summed E-state index contributed by atoms with van der Waals surface area (Å²) in [5, 5.41) is 0. The summed E-state index contributed by atoms with van der Waals surface area (Å²) < 4.78 is 0. The summed E-state index contributed by atoms with van der Waals surface area (Å²) in [4.78, 5) is 2.61. The lowest BCUT2D eigenvalue weighted by Gasteiger charge is -2.22. The fourth-order valence-electron chi connectivity index (χ4n) is 3.90. The van der Waals surface area contributed by atoms with Crippen LogP contribution in [0, 0.1) is 0 Å². The van der Waals surface area contributed by atoms with Crippen molar-refractivity contribution in [2.24, 2.45) is 0 Å². The molecule has 0 amide bonds. The third-order valence-corrected chi connectivity index (χ3v) is 5.58. The number of hydrogen-bond acceptors (Lipinski definition) is 1. The van der Waals surface area contributed by atoms with Crippen molar-refractivity contribution in [3.8, 4) is 0 Å². The van der Waals surface area contributed by atoms with Crippen LogP contribution in [0.3, 0.4) is 0 Å². The van der Waals surface area contributed by atoms with Gasteiger partial charge in [-0.05, 0) is 43.9 Å². The molecule has 0 radical (unpaired) electrons. The van der Waals surface area contributed by atoms with Crippen LogP contribution in [0.1, 0.15) is 82.3 Å². The Morgan fingerprint density at radius 3 is 1.52 bits per heavy atom. The van der Waals surface area contributed by atoms with E-state index in [2.05, 4.69) is 84.6 Å². The first-order chi connectivity index (χ1) is 14.4. The predicted octanol–water partition coefficient (Wildman–Crippen LogP) is 8.17. The lowest BCUT2D eigenvalue weighted by atomic mass is 10.1. The summed E-state index contributed by atoms with van der Waals surface area (Å²) >= 11 is 0. The van der Waals surface area contributed by atoms with E-state index < -0.39 is 0 Å². The Hall–Kier alpha value is -1.86. The molecule has 1 nitrogen and oxygen atoms in total. The fourth-order valence-corrected chi connectivity index (χ4v) is 3.90. The number of hydrogen-bond donors (Lipinski definition) is 0. The first-order valence-electron chi connectivity index (χ1n) is 11.8.